The maximum absolute atomic E-state index is 11.5. The molecule has 1 aliphatic rings. The molecule has 0 bridgehead atoms. The van der Waals surface area contributed by atoms with Gasteiger partial charge in [0.1, 0.15) is 11.6 Å². The molecule has 0 spiro atoms. The average Bonchev–Trinajstić information content (AvgIpc) is 2.91. The number of aromatic nitrogens is 4. The Labute approximate surface area is 141 Å². The second-order valence-corrected chi connectivity index (χ2v) is 7.99. The van der Waals surface area contributed by atoms with Crippen LogP contribution in [0.2, 0.25) is 0 Å². The quantitative estimate of drug-likeness (QED) is 0.831. The lowest BCUT2D eigenvalue weighted by molar-refractivity contribution is 0.0919. The van der Waals surface area contributed by atoms with E-state index in [1.54, 1.807) is 17.1 Å². The summed E-state index contributed by atoms with van der Waals surface area (Å²) < 4.78 is 27.3. The molecular formula is C15H21N5O3S. The van der Waals surface area contributed by atoms with Crippen molar-refractivity contribution in [2.45, 2.75) is 44.2 Å². The zero-order chi connectivity index (χ0) is 17.3. The van der Waals surface area contributed by atoms with Crippen molar-refractivity contribution in [3.05, 3.63) is 36.2 Å². The van der Waals surface area contributed by atoms with Crippen molar-refractivity contribution in [1.29, 1.82) is 0 Å². The first-order chi connectivity index (χ1) is 11.3. The Morgan fingerprint density at radius 1 is 1.38 bits per heavy atom. The molecule has 9 heteroatoms. The van der Waals surface area contributed by atoms with Crippen LogP contribution in [0.3, 0.4) is 0 Å². The van der Waals surface area contributed by atoms with E-state index in [0.717, 1.165) is 24.2 Å². The molecule has 0 unspecified atom stereocenters. The molecule has 2 aromatic rings. The van der Waals surface area contributed by atoms with Gasteiger partial charge in [0, 0.05) is 18.2 Å². The van der Waals surface area contributed by atoms with Crippen molar-refractivity contribution in [2.75, 3.05) is 6.26 Å². The SMILES string of the molecule is Cc1nc([C@H]2CC[C@@H](O)[C@H](NS(C)(=O)=O)C2)n(-c2cccnc2)n1. The van der Waals surface area contributed by atoms with Crippen molar-refractivity contribution < 1.29 is 13.5 Å². The second-order valence-electron chi connectivity index (χ2n) is 6.21. The van der Waals surface area contributed by atoms with Crippen LogP contribution in [-0.2, 0) is 10.0 Å². The summed E-state index contributed by atoms with van der Waals surface area (Å²) in [7, 11) is -3.38. The minimum absolute atomic E-state index is 0.00839. The molecule has 1 saturated carbocycles. The maximum atomic E-state index is 11.5. The van der Waals surface area contributed by atoms with Gasteiger partial charge in [0.2, 0.25) is 10.0 Å². The molecule has 24 heavy (non-hydrogen) atoms. The monoisotopic (exact) mass is 351 g/mol. The lowest BCUT2D eigenvalue weighted by atomic mass is 9.83. The van der Waals surface area contributed by atoms with Gasteiger partial charge in [-0.05, 0) is 38.3 Å². The summed E-state index contributed by atoms with van der Waals surface area (Å²) in [6, 6.07) is 3.21. The molecular weight excluding hydrogens is 330 g/mol. The van der Waals surface area contributed by atoms with Gasteiger partial charge in [-0.3, -0.25) is 4.98 Å². The normalized spacial score (nSPS) is 24.9. The van der Waals surface area contributed by atoms with Gasteiger partial charge in [-0.1, -0.05) is 0 Å². The average molecular weight is 351 g/mol. The molecule has 0 aliphatic heterocycles. The van der Waals surface area contributed by atoms with Crippen LogP contribution in [0.1, 0.15) is 36.8 Å². The van der Waals surface area contributed by atoms with Crippen LogP contribution < -0.4 is 4.72 Å². The first kappa shape index (κ1) is 17.0. The molecule has 0 amide bonds. The summed E-state index contributed by atoms with van der Waals surface area (Å²) >= 11 is 0. The van der Waals surface area contributed by atoms with Gasteiger partial charge >= 0.3 is 0 Å². The molecule has 130 valence electrons. The van der Waals surface area contributed by atoms with Gasteiger partial charge in [-0.25, -0.2) is 22.8 Å². The minimum atomic E-state index is -3.38. The predicted molar refractivity (Wildman–Crippen MR) is 88.3 cm³/mol. The van der Waals surface area contributed by atoms with E-state index in [4.69, 9.17) is 0 Å². The molecule has 1 aliphatic carbocycles. The summed E-state index contributed by atoms with van der Waals surface area (Å²) in [4.78, 5) is 8.64. The molecule has 0 aromatic carbocycles. The number of aliphatic hydroxyl groups excluding tert-OH is 1. The third-order valence-corrected chi connectivity index (χ3v) is 4.90. The zero-order valence-electron chi connectivity index (χ0n) is 13.6. The van der Waals surface area contributed by atoms with Crippen LogP contribution in [0.5, 0.6) is 0 Å². The van der Waals surface area contributed by atoms with Gasteiger partial charge in [0.25, 0.3) is 0 Å². The predicted octanol–water partition coefficient (Wildman–Crippen LogP) is 0.517. The smallest absolute Gasteiger partial charge is 0.209 e. The topological polar surface area (TPSA) is 110 Å². The molecule has 2 N–H and O–H groups in total. The van der Waals surface area contributed by atoms with Crippen molar-refractivity contribution >= 4 is 10.0 Å². The van der Waals surface area contributed by atoms with Gasteiger partial charge in [0.15, 0.2) is 0 Å². The van der Waals surface area contributed by atoms with Crippen LogP contribution in [-0.4, -0.2) is 51.7 Å². The van der Waals surface area contributed by atoms with Gasteiger partial charge in [0.05, 0.1) is 24.2 Å². The number of sulfonamides is 1. The summed E-state index contributed by atoms with van der Waals surface area (Å²) in [5, 5.41) is 14.5. The molecule has 2 heterocycles. The van der Waals surface area contributed by atoms with Crippen LogP contribution in [0.25, 0.3) is 5.69 Å². The van der Waals surface area contributed by atoms with E-state index in [9.17, 15) is 13.5 Å². The highest BCUT2D eigenvalue weighted by molar-refractivity contribution is 7.88. The van der Waals surface area contributed by atoms with Crippen LogP contribution in [0.15, 0.2) is 24.5 Å². The largest absolute Gasteiger partial charge is 0.391 e. The molecule has 2 aromatic heterocycles. The van der Waals surface area contributed by atoms with E-state index < -0.39 is 22.2 Å². The molecule has 3 rings (SSSR count). The van der Waals surface area contributed by atoms with Gasteiger partial charge in [-0.2, -0.15) is 5.10 Å². The molecule has 1 fully saturated rings. The molecule has 3 atom stereocenters. The van der Waals surface area contributed by atoms with E-state index in [-0.39, 0.29) is 5.92 Å². The number of aliphatic hydroxyl groups is 1. The second kappa shape index (κ2) is 6.58. The number of nitrogens with zero attached hydrogens (tertiary/aromatic N) is 4. The zero-order valence-corrected chi connectivity index (χ0v) is 14.4. The van der Waals surface area contributed by atoms with Gasteiger partial charge in [-0.15, -0.1) is 0 Å². The fourth-order valence-electron chi connectivity index (χ4n) is 3.16. The molecule has 0 saturated heterocycles. The van der Waals surface area contributed by atoms with E-state index >= 15 is 0 Å². The molecule has 8 nitrogen and oxygen atoms in total. The number of hydrogen-bond donors (Lipinski definition) is 2. The Hall–Kier alpha value is -1.84. The highest BCUT2D eigenvalue weighted by atomic mass is 32.2. The van der Waals surface area contributed by atoms with E-state index in [2.05, 4.69) is 19.8 Å². The Morgan fingerprint density at radius 2 is 2.17 bits per heavy atom. The summed E-state index contributed by atoms with van der Waals surface area (Å²) in [6.07, 6.45) is 5.53. The Balaban J connectivity index is 1.89. The first-order valence-electron chi connectivity index (χ1n) is 7.83. The Morgan fingerprint density at radius 3 is 2.83 bits per heavy atom. The highest BCUT2D eigenvalue weighted by Crippen LogP contribution is 2.33. The minimum Gasteiger partial charge on any atom is -0.391 e. The first-order valence-corrected chi connectivity index (χ1v) is 9.72. The fourth-order valence-corrected chi connectivity index (χ4v) is 3.96. The summed E-state index contributed by atoms with van der Waals surface area (Å²) in [5.41, 5.74) is 0.812. The number of nitrogens with one attached hydrogen (secondary N) is 1. The highest BCUT2D eigenvalue weighted by Gasteiger charge is 2.34. The van der Waals surface area contributed by atoms with E-state index in [0.29, 0.717) is 18.7 Å². The van der Waals surface area contributed by atoms with Crippen molar-refractivity contribution in [1.82, 2.24) is 24.5 Å². The lowest BCUT2D eigenvalue weighted by Crippen LogP contribution is -2.46. The summed E-state index contributed by atoms with van der Waals surface area (Å²) in [6.45, 7) is 1.82. The standard InChI is InChI=1S/C15H21N5O3S/c1-10-17-15(20(18-10)12-4-3-7-16-9-12)11-5-6-14(21)13(8-11)19-24(2,22)23/h3-4,7,9,11,13-14,19,21H,5-6,8H2,1-2H3/t11-,13+,14+/m0/s1. The van der Waals surface area contributed by atoms with Crippen molar-refractivity contribution in [3.8, 4) is 5.69 Å². The van der Waals surface area contributed by atoms with Crippen LogP contribution in [0, 0.1) is 6.92 Å². The lowest BCUT2D eigenvalue weighted by Gasteiger charge is -2.32. The van der Waals surface area contributed by atoms with Crippen LogP contribution in [0.4, 0.5) is 0 Å². The Bertz CT molecular complexity index is 806. The third-order valence-electron chi connectivity index (χ3n) is 4.17. The number of hydrogen-bond acceptors (Lipinski definition) is 6. The Kier molecular flexibility index (Phi) is 4.66. The third kappa shape index (κ3) is 3.80. The van der Waals surface area contributed by atoms with E-state index in [1.807, 2.05) is 19.1 Å². The number of rotatable bonds is 4. The number of aryl methyl sites for hydroxylation is 1. The maximum Gasteiger partial charge on any atom is 0.209 e. The number of pyridine rings is 1. The van der Waals surface area contributed by atoms with Crippen LogP contribution >= 0.6 is 0 Å². The summed E-state index contributed by atoms with van der Waals surface area (Å²) in [5.74, 6) is 1.43. The molecule has 0 radical (unpaired) electrons. The van der Waals surface area contributed by atoms with Crippen molar-refractivity contribution in [2.24, 2.45) is 0 Å². The fraction of sp³-hybridized carbons (Fsp3) is 0.533. The van der Waals surface area contributed by atoms with E-state index in [1.165, 1.54) is 0 Å². The van der Waals surface area contributed by atoms with Crippen molar-refractivity contribution in [3.63, 3.8) is 0 Å². The van der Waals surface area contributed by atoms with Gasteiger partial charge < -0.3 is 5.11 Å².